The molecule has 1 aromatic heterocycles. The highest BCUT2D eigenvalue weighted by molar-refractivity contribution is 14.0. The van der Waals surface area contributed by atoms with E-state index in [0.29, 0.717) is 25.6 Å². The van der Waals surface area contributed by atoms with Crippen molar-refractivity contribution >= 4 is 41.7 Å². The van der Waals surface area contributed by atoms with Crippen molar-refractivity contribution in [3.63, 3.8) is 0 Å². The first kappa shape index (κ1) is 26.4. The molecule has 0 amide bonds. The number of nitrogens with zero attached hydrogens (tertiary/aromatic N) is 2. The normalized spacial score (nSPS) is 10.8. The zero-order valence-corrected chi connectivity index (χ0v) is 20.9. The van der Waals surface area contributed by atoms with E-state index in [2.05, 4.69) is 33.8 Å². The number of halogens is 1. The van der Waals surface area contributed by atoms with Crippen LogP contribution >= 0.6 is 35.7 Å². The van der Waals surface area contributed by atoms with Crippen LogP contribution in [0, 0.1) is 0 Å². The van der Waals surface area contributed by atoms with Crippen molar-refractivity contribution < 1.29 is 9.47 Å². The van der Waals surface area contributed by atoms with E-state index in [1.807, 2.05) is 54.2 Å². The van der Waals surface area contributed by atoms with Crippen LogP contribution in [0.4, 0.5) is 0 Å². The highest BCUT2D eigenvalue weighted by atomic mass is 127. The second-order valence-corrected chi connectivity index (χ2v) is 7.32. The number of nitrogens with one attached hydrogen (secondary N) is 2. The van der Waals surface area contributed by atoms with Gasteiger partial charge in [0.2, 0.25) is 5.88 Å². The Balaban J connectivity index is 0.00000450. The third kappa shape index (κ3) is 11.5. The Morgan fingerprint density at radius 3 is 2.53 bits per heavy atom. The summed E-state index contributed by atoms with van der Waals surface area (Å²) in [5, 5.41) is 6.66. The summed E-state index contributed by atoms with van der Waals surface area (Å²) in [7, 11) is 0. The fraction of sp³-hybridized carbons (Fsp3) is 0.455. The second kappa shape index (κ2) is 17.0. The van der Waals surface area contributed by atoms with E-state index in [4.69, 9.17) is 9.47 Å². The summed E-state index contributed by atoms with van der Waals surface area (Å²) in [6.45, 7) is 5.34. The topological polar surface area (TPSA) is 67.8 Å². The van der Waals surface area contributed by atoms with Gasteiger partial charge in [0.05, 0.1) is 6.54 Å². The van der Waals surface area contributed by atoms with Gasteiger partial charge in [0, 0.05) is 25.4 Å². The van der Waals surface area contributed by atoms with Crippen LogP contribution in [0.2, 0.25) is 0 Å². The molecule has 30 heavy (non-hydrogen) atoms. The number of hydrogen-bond donors (Lipinski definition) is 2. The van der Waals surface area contributed by atoms with Gasteiger partial charge in [-0.05, 0) is 49.5 Å². The summed E-state index contributed by atoms with van der Waals surface area (Å²) in [5.41, 5.74) is 1.04. The maximum absolute atomic E-state index is 5.63. The molecule has 0 aliphatic rings. The van der Waals surface area contributed by atoms with Crippen LogP contribution in [0.15, 0.2) is 53.7 Å². The van der Waals surface area contributed by atoms with E-state index in [9.17, 15) is 0 Å². The van der Waals surface area contributed by atoms with Crippen LogP contribution in [-0.4, -0.2) is 49.3 Å². The van der Waals surface area contributed by atoms with Crippen LogP contribution < -0.4 is 20.1 Å². The predicted octanol–water partition coefficient (Wildman–Crippen LogP) is 4.36. The molecule has 1 heterocycles. The lowest BCUT2D eigenvalue weighted by Gasteiger charge is -2.11. The molecule has 0 bridgehead atoms. The zero-order chi connectivity index (χ0) is 20.6. The van der Waals surface area contributed by atoms with Crippen molar-refractivity contribution in [1.29, 1.82) is 0 Å². The quantitative estimate of drug-likeness (QED) is 0.169. The number of guanidine groups is 1. The molecule has 8 heteroatoms. The summed E-state index contributed by atoms with van der Waals surface area (Å²) in [6.07, 6.45) is 6.31. The number of rotatable bonds is 13. The van der Waals surface area contributed by atoms with Crippen LogP contribution in [0.3, 0.4) is 0 Å². The van der Waals surface area contributed by atoms with E-state index in [1.54, 1.807) is 6.20 Å². The van der Waals surface area contributed by atoms with Crippen molar-refractivity contribution in [3.05, 3.63) is 54.2 Å². The standard InChI is InChI=1S/C22H32N4O2S.HI/c1-3-23-22(24-13-7-8-16-29-2)26-18-19-11-12-21(25-17-19)28-15-14-27-20-9-5-4-6-10-20;/h4-6,9-12,17H,3,7-8,13-16,18H2,1-2H3,(H2,23,24,26);1H. The van der Waals surface area contributed by atoms with Crippen LogP contribution in [0.5, 0.6) is 11.6 Å². The Hall–Kier alpha value is -1.68. The molecule has 0 fully saturated rings. The molecule has 2 rings (SSSR count). The molecule has 0 spiro atoms. The Morgan fingerprint density at radius 2 is 1.83 bits per heavy atom. The number of thioether (sulfide) groups is 1. The fourth-order valence-corrected chi connectivity index (χ4v) is 3.00. The van der Waals surface area contributed by atoms with Gasteiger partial charge in [0.1, 0.15) is 19.0 Å². The first-order chi connectivity index (χ1) is 14.3. The van der Waals surface area contributed by atoms with Gasteiger partial charge >= 0.3 is 0 Å². The van der Waals surface area contributed by atoms with E-state index < -0.39 is 0 Å². The van der Waals surface area contributed by atoms with Crippen LogP contribution in [0.25, 0.3) is 0 Å². The second-order valence-electron chi connectivity index (χ2n) is 6.34. The molecule has 2 N–H and O–H groups in total. The SMILES string of the molecule is CCNC(=NCc1ccc(OCCOc2ccccc2)nc1)NCCCCSC.I. The number of ether oxygens (including phenoxy) is 2. The van der Waals surface area contributed by atoms with Gasteiger partial charge < -0.3 is 20.1 Å². The van der Waals surface area contributed by atoms with Crippen molar-refractivity contribution in [2.45, 2.75) is 26.3 Å². The molecule has 6 nitrogen and oxygen atoms in total. The van der Waals surface area contributed by atoms with E-state index in [0.717, 1.165) is 36.8 Å². The lowest BCUT2D eigenvalue weighted by molar-refractivity contribution is 0.212. The molecule has 166 valence electrons. The Bertz CT molecular complexity index is 702. The van der Waals surface area contributed by atoms with Crippen LogP contribution in [0.1, 0.15) is 25.3 Å². The highest BCUT2D eigenvalue weighted by Gasteiger charge is 2.00. The van der Waals surface area contributed by atoms with Gasteiger partial charge in [-0.3, -0.25) is 0 Å². The average molecular weight is 545 g/mol. The molecule has 2 aromatic rings. The van der Waals surface area contributed by atoms with Crippen molar-refractivity contribution in [2.75, 3.05) is 38.3 Å². The highest BCUT2D eigenvalue weighted by Crippen LogP contribution is 2.10. The van der Waals surface area contributed by atoms with E-state index >= 15 is 0 Å². The first-order valence-corrected chi connectivity index (χ1v) is 11.5. The van der Waals surface area contributed by atoms with Gasteiger partial charge in [-0.15, -0.1) is 24.0 Å². The van der Waals surface area contributed by atoms with Gasteiger partial charge in [0.15, 0.2) is 5.96 Å². The summed E-state index contributed by atoms with van der Waals surface area (Å²) >= 11 is 1.89. The summed E-state index contributed by atoms with van der Waals surface area (Å²) in [6, 6.07) is 13.6. The Kier molecular flexibility index (Phi) is 15.0. The molecule has 0 atom stereocenters. The molecule has 0 radical (unpaired) electrons. The minimum Gasteiger partial charge on any atom is -0.490 e. The third-order valence-electron chi connectivity index (χ3n) is 3.97. The number of unbranched alkanes of at least 4 members (excludes halogenated alkanes) is 1. The summed E-state index contributed by atoms with van der Waals surface area (Å²) in [5.74, 6) is 3.48. The number of pyridine rings is 1. The minimum absolute atomic E-state index is 0. The van der Waals surface area contributed by atoms with Crippen molar-refractivity contribution in [1.82, 2.24) is 15.6 Å². The predicted molar refractivity (Wildman–Crippen MR) is 138 cm³/mol. The maximum Gasteiger partial charge on any atom is 0.213 e. The summed E-state index contributed by atoms with van der Waals surface area (Å²) in [4.78, 5) is 8.98. The fourth-order valence-electron chi connectivity index (χ4n) is 2.50. The smallest absolute Gasteiger partial charge is 0.213 e. The molecular formula is C22H33IN4O2S. The molecule has 0 aliphatic heterocycles. The lowest BCUT2D eigenvalue weighted by Crippen LogP contribution is -2.37. The average Bonchev–Trinajstić information content (AvgIpc) is 2.76. The molecule has 0 unspecified atom stereocenters. The number of hydrogen-bond acceptors (Lipinski definition) is 5. The van der Waals surface area contributed by atoms with Gasteiger partial charge in [-0.25, -0.2) is 9.98 Å². The number of benzene rings is 1. The maximum atomic E-state index is 5.63. The Morgan fingerprint density at radius 1 is 1.03 bits per heavy atom. The number of para-hydroxylation sites is 1. The zero-order valence-electron chi connectivity index (χ0n) is 17.8. The number of aliphatic imine (C=N–C) groups is 1. The monoisotopic (exact) mass is 544 g/mol. The largest absolute Gasteiger partial charge is 0.490 e. The first-order valence-electron chi connectivity index (χ1n) is 10.1. The molecule has 0 saturated heterocycles. The van der Waals surface area contributed by atoms with Gasteiger partial charge in [-0.2, -0.15) is 11.8 Å². The molecule has 1 aromatic carbocycles. The Labute approximate surface area is 201 Å². The third-order valence-corrected chi connectivity index (χ3v) is 4.67. The molecular weight excluding hydrogens is 511 g/mol. The van der Waals surface area contributed by atoms with Crippen LogP contribution in [-0.2, 0) is 6.54 Å². The minimum atomic E-state index is 0. The van der Waals surface area contributed by atoms with Gasteiger partial charge in [-0.1, -0.05) is 24.3 Å². The van der Waals surface area contributed by atoms with E-state index in [1.165, 1.54) is 12.2 Å². The molecule has 0 saturated carbocycles. The van der Waals surface area contributed by atoms with E-state index in [-0.39, 0.29) is 24.0 Å². The number of aromatic nitrogens is 1. The lowest BCUT2D eigenvalue weighted by atomic mass is 10.3. The summed E-state index contributed by atoms with van der Waals surface area (Å²) < 4.78 is 11.2. The van der Waals surface area contributed by atoms with Gasteiger partial charge in [0.25, 0.3) is 0 Å². The molecule has 0 aliphatic carbocycles. The van der Waals surface area contributed by atoms with Crippen molar-refractivity contribution in [3.8, 4) is 11.6 Å². The van der Waals surface area contributed by atoms with Crippen molar-refractivity contribution in [2.24, 2.45) is 4.99 Å².